The molecule has 2 N–H and O–H groups in total. The Bertz CT molecular complexity index is 1360. The van der Waals surface area contributed by atoms with Crippen LogP contribution in [0.25, 0.3) is 0 Å². The number of carbonyl (C=O) groups is 3. The molecule has 2 atom stereocenters. The summed E-state index contributed by atoms with van der Waals surface area (Å²) in [6, 6.07) is 6.48. The van der Waals surface area contributed by atoms with Crippen LogP contribution < -0.4 is 10.6 Å². The second-order valence-electron chi connectivity index (χ2n) is 12.1. The molecule has 4 amide bonds. The van der Waals surface area contributed by atoms with Crippen LogP contribution in [0, 0.1) is 11.8 Å². The molecule has 3 fully saturated rings. The fourth-order valence-electron chi connectivity index (χ4n) is 6.20. The number of hydrogen-bond acceptors (Lipinski definition) is 7. The first kappa shape index (κ1) is 32.5. The first-order valence-electron chi connectivity index (χ1n) is 15.5. The Morgan fingerprint density at radius 2 is 1.60 bits per heavy atom. The number of anilines is 2. The van der Waals surface area contributed by atoms with E-state index in [1.54, 1.807) is 39.0 Å². The fraction of sp³-hybridized carbons (Fsp3) is 0.581. The van der Waals surface area contributed by atoms with Gasteiger partial charge in [0, 0.05) is 68.7 Å². The number of nitrogens with zero attached hydrogens (tertiary/aromatic N) is 5. The predicted molar refractivity (Wildman–Crippen MR) is 160 cm³/mol. The van der Waals surface area contributed by atoms with Gasteiger partial charge in [0.2, 0.25) is 11.9 Å². The van der Waals surface area contributed by atoms with Crippen molar-refractivity contribution in [2.75, 3.05) is 57.8 Å². The second kappa shape index (κ2) is 14.0. The van der Waals surface area contributed by atoms with Crippen LogP contribution in [0.4, 0.5) is 29.6 Å². The standard InChI is InChI=1S/C31H40F3N7O4/c1-20(2)36-27(42)24-5-3-4-22(24)18-26-25(31(32,33)34)19-35-29(38-26)37-23-8-6-21(7-9-23)28(43)39-10-12-40(13-11-39)30(44)41-14-16-45-17-15-41/h6-9,19-20,22,24H,3-5,10-18H2,1-2H3,(H,36,42)(H,35,37,38)/t22-,24-/m0/s1. The summed E-state index contributed by atoms with van der Waals surface area (Å²) >= 11 is 0. The number of benzene rings is 1. The highest BCUT2D eigenvalue weighted by Gasteiger charge is 2.39. The van der Waals surface area contributed by atoms with Crippen LogP contribution in [0.3, 0.4) is 0 Å². The highest BCUT2D eigenvalue weighted by molar-refractivity contribution is 5.94. The molecule has 2 aromatic rings. The largest absolute Gasteiger partial charge is 0.419 e. The summed E-state index contributed by atoms with van der Waals surface area (Å²) in [7, 11) is 0. The summed E-state index contributed by atoms with van der Waals surface area (Å²) in [4.78, 5) is 52.0. The zero-order chi connectivity index (χ0) is 32.1. The number of halogens is 3. The maximum Gasteiger partial charge on any atom is 0.419 e. The Kier molecular flexibility index (Phi) is 10.1. The summed E-state index contributed by atoms with van der Waals surface area (Å²) in [5, 5.41) is 5.84. The molecule has 244 valence electrons. The van der Waals surface area contributed by atoms with Crippen LogP contribution in [0.2, 0.25) is 0 Å². The average molecular weight is 632 g/mol. The lowest BCUT2D eigenvalue weighted by molar-refractivity contribution is -0.138. The van der Waals surface area contributed by atoms with E-state index in [-0.39, 0.29) is 53.8 Å². The van der Waals surface area contributed by atoms with E-state index in [1.807, 2.05) is 13.8 Å². The maximum absolute atomic E-state index is 13.9. The Labute approximate surface area is 260 Å². The molecule has 1 aromatic carbocycles. The van der Waals surface area contributed by atoms with Crippen molar-refractivity contribution in [3.05, 3.63) is 47.3 Å². The number of carbonyl (C=O) groups excluding carboxylic acids is 3. The van der Waals surface area contributed by atoms with Crippen LogP contribution in [0.5, 0.6) is 0 Å². The van der Waals surface area contributed by atoms with E-state index >= 15 is 0 Å². The van der Waals surface area contributed by atoms with E-state index in [2.05, 4.69) is 20.6 Å². The van der Waals surface area contributed by atoms with Crippen LogP contribution in [-0.2, 0) is 22.1 Å². The zero-order valence-electron chi connectivity index (χ0n) is 25.6. The topological polar surface area (TPSA) is 120 Å². The molecule has 3 aliphatic rings. The average Bonchev–Trinajstić information content (AvgIpc) is 3.49. The lowest BCUT2D eigenvalue weighted by Crippen LogP contribution is -2.55. The van der Waals surface area contributed by atoms with Crippen molar-refractivity contribution in [2.45, 2.75) is 51.7 Å². The molecule has 0 bridgehead atoms. The maximum atomic E-state index is 13.9. The molecule has 0 radical (unpaired) electrons. The van der Waals surface area contributed by atoms with Crippen molar-refractivity contribution in [1.82, 2.24) is 30.0 Å². The number of aromatic nitrogens is 2. The molecule has 1 saturated carbocycles. The molecule has 2 saturated heterocycles. The predicted octanol–water partition coefficient (Wildman–Crippen LogP) is 3.93. The minimum Gasteiger partial charge on any atom is -0.378 e. The SMILES string of the molecule is CC(C)NC(=O)[C@H]1CCC[C@H]1Cc1nc(Nc2ccc(C(=O)N3CCN(C(=O)N4CCOCC4)CC3)cc2)ncc1C(F)(F)F. The van der Waals surface area contributed by atoms with Crippen LogP contribution in [0.1, 0.15) is 54.7 Å². The zero-order valence-corrected chi connectivity index (χ0v) is 25.6. The number of ether oxygens (including phenoxy) is 1. The fourth-order valence-corrected chi connectivity index (χ4v) is 6.20. The lowest BCUT2D eigenvalue weighted by atomic mass is 9.89. The van der Waals surface area contributed by atoms with Gasteiger partial charge in [-0.15, -0.1) is 0 Å². The molecule has 2 aliphatic heterocycles. The Morgan fingerprint density at radius 3 is 2.24 bits per heavy atom. The van der Waals surface area contributed by atoms with Crippen molar-refractivity contribution >= 4 is 29.5 Å². The monoisotopic (exact) mass is 631 g/mol. The molecule has 3 heterocycles. The Hall–Kier alpha value is -3.94. The smallest absolute Gasteiger partial charge is 0.378 e. The number of hydrogen-bond donors (Lipinski definition) is 2. The van der Waals surface area contributed by atoms with Gasteiger partial charge < -0.3 is 30.1 Å². The number of alkyl halides is 3. The molecule has 45 heavy (non-hydrogen) atoms. The van der Waals surface area contributed by atoms with Crippen LogP contribution >= 0.6 is 0 Å². The third kappa shape index (κ3) is 8.02. The first-order chi connectivity index (χ1) is 21.5. The van der Waals surface area contributed by atoms with E-state index in [9.17, 15) is 27.6 Å². The lowest BCUT2D eigenvalue weighted by Gasteiger charge is -2.38. The molecule has 0 spiro atoms. The molecule has 1 aliphatic carbocycles. The number of urea groups is 1. The number of piperazine rings is 1. The third-order valence-electron chi connectivity index (χ3n) is 8.56. The minimum absolute atomic E-state index is 0.000637. The number of morpholine rings is 1. The van der Waals surface area contributed by atoms with Gasteiger partial charge in [-0.1, -0.05) is 6.42 Å². The van der Waals surface area contributed by atoms with Crippen LogP contribution in [-0.4, -0.2) is 101 Å². The summed E-state index contributed by atoms with van der Waals surface area (Å²) in [6.45, 7) is 7.61. The number of amides is 4. The molecule has 1 aromatic heterocycles. The second-order valence-corrected chi connectivity index (χ2v) is 12.1. The number of rotatable bonds is 7. The van der Waals surface area contributed by atoms with E-state index in [0.717, 1.165) is 12.6 Å². The quantitative estimate of drug-likeness (QED) is 0.475. The van der Waals surface area contributed by atoms with Gasteiger partial charge in [0.05, 0.1) is 24.5 Å². The van der Waals surface area contributed by atoms with Crippen molar-refractivity contribution in [3.63, 3.8) is 0 Å². The van der Waals surface area contributed by atoms with Gasteiger partial charge in [0.1, 0.15) is 0 Å². The van der Waals surface area contributed by atoms with Gasteiger partial charge in [-0.25, -0.2) is 14.8 Å². The van der Waals surface area contributed by atoms with Gasteiger partial charge in [0.25, 0.3) is 5.91 Å². The third-order valence-corrected chi connectivity index (χ3v) is 8.56. The minimum atomic E-state index is -4.63. The summed E-state index contributed by atoms with van der Waals surface area (Å²) in [5.74, 6) is -0.915. The summed E-state index contributed by atoms with van der Waals surface area (Å²) in [5.41, 5.74) is -0.0920. The van der Waals surface area contributed by atoms with Crippen molar-refractivity contribution < 1.29 is 32.3 Å². The van der Waals surface area contributed by atoms with Gasteiger partial charge in [-0.05, 0) is 63.3 Å². The van der Waals surface area contributed by atoms with E-state index in [4.69, 9.17) is 4.74 Å². The number of nitrogens with one attached hydrogen (secondary N) is 2. The normalized spacial score (nSPS) is 20.8. The van der Waals surface area contributed by atoms with Gasteiger partial charge in [0.15, 0.2) is 0 Å². The summed E-state index contributed by atoms with van der Waals surface area (Å²) < 4.78 is 47.0. The molecule has 0 unspecified atom stereocenters. The van der Waals surface area contributed by atoms with E-state index < -0.39 is 11.7 Å². The Balaban J connectivity index is 1.21. The van der Waals surface area contributed by atoms with Crippen molar-refractivity contribution in [2.24, 2.45) is 11.8 Å². The highest BCUT2D eigenvalue weighted by Crippen LogP contribution is 2.38. The van der Waals surface area contributed by atoms with Crippen LogP contribution in [0.15, 0.2) is 30.5 Å². The molecular weight excluding hydrogens is 591 g/mol. The molecule has 14 heteroatoms. The first-order valence-corrected chi connectivity index (χ1v) is 15.5. The van der Waals surface area contributed by atoms with Gasteiger partial charge >= 0.3 is 12.2 Å². The molecule has 5 rings (SSSR count). The van der Waals surface area contributed by atoms with Gasteiger partial charge in [-0.3, -0.25) is 9.59 Å². The van der Waals surface area contributed by atoms with E-state index in [0.29, 0.717) is 76.6 Å². The Morgan fingerprint density at radius 1 is 0.956 bits per heavy atom. The van der Waals surface area contributed by atoms with Gasteiger partial charge in [-0.2, -0.15) is 13.2 Å². The molecular formula is C31H40F3N7O4. The summed E-state index contributed by atoms with van der Waals surface area (Å²) in [6.07, 6.45) is -1.79. The van der Waals surface area contributed by atoms with Crippen molar-refractivity contribution in [3.8, 4) is 0 Å². The highest BCUT2D eigenvalue weighted by atomic mass is 19.4. The van der Waals surface area contributed by atoms with Crippen molar-refractivity contribution in [1.29, 1.82) is 0 Å². The van der Waals surface area contributed by atoms with E-state index in [1.165, 1.54) is 0 Å². The molecule has 11 nitrogen and oxygen atoms in total.